The molecule has 0 amide bonds. The number of anilines is 7. The third-order valence-corrected chi connectivity index (χ3v) is 10.5. The molecule has 0 bridgehead atoms. The Morgan fingerprint density at radius 1 is 0.429 bits per heavy atom. The maximum Gasteiger partial charge on any atom is 1.00 e. The van der Waals surface area contributed by atoms with Gasteiger partial charge in [0, 0.05) is 34.0 Å². The number of carboxylic acid groups (broad SMARTS) is 4. The smallest absolute Gasteiger partial charge is 0.545 e. The van der Waals surface area contributed by atoms with Gasteiger partial charge in [-0.1, -0.05) is 75.0 Å². The zero-order valence-corrected chi connectivity index (χ0v) is 62.5. The van der Waals surface area contributed by atoms with Crippen molar-refractivity contribution in [3.05, 3.63) is 189 Å². The van der Waals surface area contributed by atoms with Crippen LogP contribution in [0.2, 0.25) is 42.3 Å². The molecule has 0 saturated heterocycles. The van der Waals surface area contributed by atoms with Crippen molar-refractivity contribution in [2.75, 3.05) is 41.1 Å². The van der Waals surface area contributed by atoms with Gasteiger partial charge in [-0.05, 0) is 177 Å². The molecule has 4 aromatic carbocycles. The Morgan fingerprint density at radius 2 is 0.703 bits per heavy atom. The van der Waals surface area contributed by atoms with Gasteiger partial charge < -0.3 is 66.6 Å². The molecule has 29 nitrogen and oxygen atoms in total. The number of hydrogen-bond donors (Lipinski definition) is 6. The molecule has 0 spiro atoms. The molecule has 41 heteroatoms. The van der Waals surface area contributed by atoms with Crippen LogP contribution in [0.25, 0.3) is 0 Å². The predicted octanol–water partition coefficient (Wildman–Crippen LogP) is -5.82. The van der Waals surface area contributed by atoms with Gasteiger partial charge in [0.25, 0.3) is 0 Å². The summed E-state index contributed by atoms with van der Waals surface area (Å²) in [4.78, 5) is 106. The maximum absolute atomic E-state index is 10.6. The number of nitrogen functional groups attached to an aromatic ring is 1. The number of carbonyl (C=O) groups is 4. The van der Waals surface area contributed by atoms with Crippen molar-refractivity contribution in [1.29, 1.82) is 0 Å². The number of carboxylic acids is 4. The van der Waals surface area contributed by atoms with Crippen LogP contribution in [-0.2, 0) is 6.42 Å². The number of aromatic nitrogens is 15. The molecule has 0 atom stereocenters. The van der Waals surface area contributed by atoms with E-state index in [0.717, 1.165) is 12.0 Å². The van der Waals surface area contributed by atoms with E-state index in [1.54, 1.807) is 52.2 Å². The summed E-state index contributed by atoms with van der Waals surface area (Å²) in [6.45, 7) is 5.48. The number of aryl methyl sites for hydroxylation is 3. The van der Waals surface area contributed by atoms with Crippen LogP contribution in [0.5, 0.6) is 0 Å². The fraction of sp³-hybridized carbons (Fsp3) is 0.140. The molecule has 0 aliphatic rings. The fourth-order valence-electron chi connectivity index (χ4n) is 5.36. The molecule has 0 radical (unpaired) electrons. The molecule has 7 N–H and O–H groups in total. The summed E-state index contributed by atoms with van der Waals surface area (Å²) in [5, 5.41) is 52.7. The van der Waals surface area contributed by atoms with Crippen molar-refractivity contribution in [1.82, 2.24) is 74.8 Å². The zero-order valence-electron chi connectivity index (χ0n) is 48.5. The van der Waals surface area contributed by atoms with Gasteiger partial charge in [0.1, 0.15) is 11.6 Å². The number of rotatable bonds is 11. The number of nitrogens with zero attached hydrogens (tertiary/aromatic N) is 14. The number of nitrogens with two attached hydrogens (primary N) is 1. The normalized spacial score (nSPS) is 9.20. The first kappa shape index (κ1) is 90.1. The second-order valence-electron chi connectivity index (χ2n) is 15.3. The third-order valence-electron chi connectivity index (χ3n) is 9.15. The van der Waals surface area contributed by atoms with Crippen molar-refractivity contribution in [2.24, 2.45) is 0 Å². The van der Waals surface area contributed by atoms with Crippen LogP contribution in [0.4, 0.5) is 40.9 Å². The van der Waals surface area contributed by atoms with Crippen molar-refractivity contribution in [3.63, 3.8) is 0 Å². The molecular weight excluding hydrogens is 1400 g/mol. The van der Waals surface area contributed by atoms with Crippen LogP contribution >= 0.6 is 92.8 Å². The van der Waals surface area contributed by atoms with E-state index in [0.29, 0.717) is 40.6 Å². The molecule has 5 heterocycles. The van der Waals surface area contributed by atoms with E-state index in [1.807, 2.05) is 6.92 Å². The number of aromatic carboxylic acids is 4. The molecular formula is C50H48Cl8N20Na4O9. The van der Waals surface area contributed by atoms with Crippen molar-refractivity contribution >= 4 is 158 Å². The molecule has 9 rings (SSSR count). The van der Waals surface area contributed by atoms with E-state index in [4.69, 9.17) is 98.5 Å². The summed E-state index contributed by atoms with van der Waals surface area (Å²) in [6, 6.07) is 24.3. The summed E-state index contributed by atoms with van der Waals surface area (Å²) in [5.74, 6) is -2.43. The summed E-state index contributed by atoms with van der Waals surface area (Å²) >= 11 is 43.9. The van der Waals surface area contributed by atoms with E-state index in [-0.39, 0.29) is 211 Å². The number of carbonyl (C=O) groups excluding carboxylic acids is 4. The molecule has 0 aliphatic heterocycles. The van der Waals surface area contributed by atoms with Crippen LogP contribution < -0.4 is 171 Å². The van der Waals surface area contributed by atoms with Crippen LogP contribution in [-0.4, -0.2) is 113 Å². The summed E-state index contributed by atoms with van der Waals surface area (Å²) in [5.41, 5.74) is 8.32. The van der Waals surface area contributed by atoms with Crippen molar-refractivity contribution < 1.29 is 161 Å². The van der Waals surface area contributed by atoms with Crippen molar-refractivity contribution in [3.8, 4) is 0 Å². The minimum atomic E-state index is -1.24. The monoisotopic (exact) mass is 1450 g/mol. The zero-order chi connectivity index (χ0) is 64.0. The number of nitrogens with one attached hydrogen (secondary N) is 5. The average molecular weight is 1450 g/mol. The van der Waals surface area contributed by atoms with Gasteiger partial charge in [0.2, 0.25) is 66.1 Å². The molecule has 91 heavy (non-hydrogen) atoms. The summed E-state index contributed by atoms with van der Waals surface area (Å²) < 4.78 is 0. The van der Waals surface area contributed by atoms with Gasteiger partial charge in [-0.3, -0.25) is 4.98 Å². The molecule has 0 unspecified atom stereocenters. The Morgan fingerprint density at radius 3 is 0.989 bits per heavy atom. The summed E-state index contributed by atoms with van der Waals surface area (Å²) in [6.07, 6.45) is 0.924. The Labute approximate surface area is 650 Å². The number of aromatic amines is 1. The van der Waals surface area contributed by atoms with E-state index in [2.05, 4.69) is 96.0 Å². The first-order chi connectivity index (χ1) is 40.6. The fourth-order valence-corrected chi connectivity index (χ4v) is 6.90. The minimum Gasteiger partial charge on any atom is -0.545 e. The van der Waals surface area contributed by atoms with Gasteiger partial charge in [0.15, 0.2) is 0 Å². The maximum atomic E-state index is 10.6. The summed E-state index contributed by atoms with van der Waals surface area (Å²) in [7, 11) is 3.39. The largest absolute Gasteiger partial charge is 1.00 e. The van der Waals surface area contributed by atoms with Crippen LogP contribution in [0.1, 0.15) is 75.8 Å². The molecule has 5 aromatic heterocycles. The molecule has 0 fully saturated rings. The number of H-pyrrole nitrogens is 1. The Kier molecular flexibility index (Phi) is 47.3. The molecule has 0 aliphatic carbocycles. The molecule has 0 saturated carbocycles. The van der Waals surface area contributed by atoms with E-state index >= 15 is 0 Å². The average Bonchev–Trinajstić information content (AvgIpc) is 3.26. The number of benzene rings is 4. The third kappa shape index (κ3) is 37.4. The minimum absolute atomic E-state index is 0. The van der Waals surface area contributed by atoms with Gasteiger partial charge in [-0.15, -0.1) is 0 Å². The number of hydrogen-bond acceptors (Lipinski definition) is 28. The van der Waals surface area contributed by atoms with E-state index < -0.39 is 23.9 Å². The van der Waals surface area contributed by atoms with Gasteiger partial charge >= 0.3 is 124 Å². The van der Waals surface area contributed by atoms with E-state index in [9.17, 15) is 44.4 Å². The first-order valence-corrected chi connectivity index (χ1v) is 26.3. The first-order valence-electron chi connectivity index (χ1n) is 23.2. The van der Waals surface area contributed by atoms with Gasteiger partial charge in [-0.2, -0.15) is 59.8 Å². The standard InChI is InChI=1S/2C10H6Cl2N4O2.C9H10O2.C7H7NO2.C5H7ClN4.C5H8N4O.C3Cl3N3.CH4.4Na.2H2/c2*11-8-14-9(12)16-10(15-8)13-6-3-1-5(2-4-6)7(17)18;1-2-7-3-5-8(6-4-7)9(10)11;8-6-3-1-5(2-4-6)7(9)10;1-3-8-4(6)10-5(7-2)9-3;1-3-7-4(6-2)9-5(10)8-3;4-1-7-2(5)9-3(6)8-1;;;;;;;/h2*1-4H,(H,17,18)(H,13,14,15,16);3-6H,2H2,1H3,(H,10,11);1-4H,8H2,(H,9,10);1-2H3,(H,7,8,9,10);1-2H3,(H2,6,7,8,9,10);;1H4;;;;;2*1H/q;;;;;;;;4*+1;;/p-4/i;;;;;;;;;;;;2*1+1. The molecule has 9 aromatic rings. The van der Waals surface area contributed by atoms with Crippen molar-refractivity contribution in [2.45, 2.75) is 34.6 Å². The van der Waals surface area contributed by atoms with Crippen LogP contribution in [0.3, 0.4) is 0 Å². The predicted molar refractivity (Wildman–Crippen MR) is 325 cm³/mol. The SMILES string of the molecule is C.CCc1ccc(C(=O)[O-])cc1.CNc1nc(C)[nH]c(=O)n1.CNc1nc(C)nc(Cl)n1.Clc1nc(Cl)nc(Cl)n1.Nc1ccc(C(=O)[O-])cc1.O=C([O-])c1ccc(Nc2nc(Cl)nc(Cl)n2)cc1.O=C([O-])c1ccc(Nc2nc(Cl)nc(Cl)n2)cc1.[2HH].[2HH].[Na+].[Na+].[Na+].[Na+]. The van der Waals surface area contributed by atoms with E-state index in [1.165, 1.54) is 72.8 Å². The quantitative estimate of drug-likeness (QED) is 0.0519. The Balaban J connectivity index is -0.000000325. The van der Waals surface area contributed by atoms with Gasteiger partial charge in [-0.25, -0.2) is 14.8 Å². The Hall–Kier alpha value is -5.07. The second kappa shape index (κ2) is 47.8. The molecule has 462 valence electrons. The number of halogens is 8. The van der Waals surface area contributed by atoms with Crippen LogP contribution in [0, 0.1) is 13.8 Å². The topological polar surface area (TPSA) is 448 Å². The Bertz CT molecular complexity index is 3580. The van der Waals surface area contributed by atoms with Gasteiger partial charge in [0.05, 0.1) is 23.9 Å². The van der Waals surface area contributed by atoms with Crippen LogP contribution in [0.15, 0.2) is 102 Å². The second-order valence-corrected chi connectivity index (χ2v) is 18.0.